The van der Waals surface area contributed by atoms with Gasteiger partial charge < -0.3 is 10.6 Å². The van der Waals surface area contributed by atoms with Crippen molar-refractivity contribution in [2.45, 2.75) is 25.7 Å². The predicted octanol–water partition coefficient (Wildman–Crippen LogP) is 2.15. The number of likely N-dealkylation sites (tertiary alicyclic amines) is 1. The lowest BCUT2D eigenvalue weighted by Crippen LogP contribution is -2.41. The van der Waals surface area contributed by atoms with Gasteiger partial charge in [-0.25, -0.2) is 0 Å². The molecule has 0 saturated carbocycles. The highest BCUT2D eigenvalue weighted by Gasteiger charge is 2.23. The zero-order chi connectivity index (χ0) is 15.2. The Labute approximate surface area is 136 Å². The number of non-ortho nitro benzene ring substituents is 1. The molecule has 2 N–H and O–H groups in total. The maximum Gasteiger partial charge on any atom is 0.269 e. The maximum atomic E-state index is 12.3. The molecular weight excluding hydrogens is 306 g/mol. The van der Waals surface area contributed by atoms with Gasteiger partial charge in [0.1, 0.15) is 0 Å². The van der Waals surface area contributed by atoms with Crippen LogP contribution in [0.15, 0.2) is 24.3 Å². The van der Waals surface area contributed by atoms with E-state index in [1.54, 1.807) is 12.1 Å². The fourth-order valence-electron chi connectivity index (χ4n) is 2.83. The van der Waals surface area contributed by atoms with Gasteiger partial charge >= 0.3 is 0 Å². The van der Waals surface area contributed by atoms with Crippen LogP contribution in [0.3, 0.4) is 0 Å². The third kappa shape index (κ3) is 4.96. The van der Waals surface area contributed by atoms with Gasteiger partial charge in [0.25, 0.3) is 5.69 Å². The number of rotatable bonds is 5. The molecule has 1 amide bonds. The van der Waals surface area contributed by atoms with Crippen LogP contribution < -0.4 is 5.73 Å². The van der Waals surface area contributed by atoms with E-state index >= 15 is 0 Å². The summed E-state index contributed by atoms with van der Waals surface area (Å²) in [6.07, 6.45) is 3.29. The van der Waals surface area contributed by atoms with Crippen molar-refractivity contribution in [2.24, 2.45) is 11.7 Å². The van der Waals surface area contributed by atoms with Crippen molar-refractivity contribution in [3.63, 3.8) is 0 Å². The normalized spacial score (nSPS) is 17.7. The molecule has 122 valence electrons. The third-order valence-electron chi connectivity index (χ3n) is 3.92. The highest BCUT2D eigenvalue weighted by atomic mass is 35.5. The molecule has 7 heteroatoms. The van der Waals surface area contributed by atoms with Crippen LogP contribution in [0, 0.1) is 16.0 Å². The zero-order valence-electron chi connectivity index (χ0n) is 12.4. The number of benzene rings is 1. The molecule has 1 unspecified atom stereocenters. The van der Waals surface area contributed by atoms with Crippen molar-refractivity contribution in [3.05, 3.63) is 39.9 Å². The Balaban J connectivity index is 0.00000242. The summed E-state index contributed by atoms with van der Waals surface area (Å²) in [5, 5.41) is 10.8. The Bertz CT molecular complexity index is 523. The monoisotopic (exact) mass is 327 g/mol. The number of nitro groups is 1. The fraction of sp³-hybridized carbons (Fsp3) is 0.533. The van der Waals surface area contributed by atoms with Crippen LogP contribution >= 0.6 is 12.4 Å². The summed E-state index contributed by atoms with van der Waals surface area (Å²) < 4.78 is 0. The number of nitrogens with two attached hydrogens (primary N) is 1. The molecule has 1 aliphatic rings. The average molecular weight is 328 g/mol. The smallest absolute Gasteiger partial charge is 0.269 e. The van der Waals surface area contributed by atoms with Crippen molar-refractivity contribution in [1.29, 1.82) is 0 Å². The highest BCUT2D eigenvalue weighted by Crippen LogP contribution is 2.20. The zero-order valence-corrected chi connectivity index (χ0v) is 13.3. The number of nitrogens with zero attached hydrogens (tertiary/aromatic N) is 2. The minimum absolute atomic E-state index is 0. The second-order valence-electron chi connectivity index (χ2n) is 5.53. The molecule has 1 aromatic rings. The van der Waals surface area contributed by atoms with Crippen molar-refractivity contribution in [2.75, 3.05) is 19.6 Å². The van der Waals surface area contributed by atoms with E-state index in [2.05, 4.69) is 0 Å². The molecule has 0 bridgehead atoms. The van der Waals surface area contributed by atoms with E-state index in [4.69, 9.17) is 5.73 Å². The third-order valence-corrected chi connectivity index (χ3v) is 3.92. The van der Waals surface area contributed by atoms with Gasteiger partial charge in [-0.15, -0.1) is 12.4 Å². The Morgan fingerprint density at radius 2 is 2.23 bits per heavy atom. The summed E-state index contributed by atoms with van der Waals surface area (Å²) in [4.78, 5) is 24.5. The lowest BCUT2D eigenvalue weighted by Gasteiger charge is -2.32. The minimum Gasteiger partial charge on any atom is -0.342 e. The molecule has 0 aromatic heterocycles. The minimum atomic E-state index is -0.438. The summed E-state index contributed by atoms with van der Waals surface area (Å²) in [7, 11) is 0. The van der Waals surface area contributed by atoms with E-state index in [1.807, 2.05) is 4.90 Å². The van der Waals surface area contributed by atoms with Crippen LogP contribution in [-0.2, 0) is 11.2 Å². The number of carbonyl (C=O) groups excluding carboxylic acids is 1. The number of halogens is 1. The van der Waals surface area contributed by atoms with Crippen molar-refractivity contribution < 1.29 is 9.72 Å². The Morgan fingerprint density at radius 1 is 1.45 bits per heavy atom. The molecule has 1 heterocycles. The van der Waals surface area contributed by atoms with Gasteiger partial charge in [-0.05, 0) is 37.3 Å². The summed E-state index contributed by atoms with van der Waals surface area (Å²) >= 11 is 0. The molecular formula is C15H22ClN3O3. The van der Waals surface area contributed by atoms with Gasteiger partial charge in [-0.2, -0.15) is 0 Å². The Hall–Kier alpha value is -1.66. The molecule has 1 aliphatic heterocycles. The van der Waals surface area contributed by atoms with Crippen LogP contribution in [0.1, 0.15) is 24.8 Å². The van der Waals surface area contributed by atoms with Gasteiger partial charge in [0.05, 0.1) is 11.3 Å². The lowest BCUT2D eigenvalue weighted by molar-refractivity contribution is -0.384. The maximum absolute atomic E-state index is 12.3. The van der Waals surface area contributed by atoms with Crippen LogP contribution in [0.4, 0.5) is 5.69 Å². The molecule has 2 rings (SSSR count). The second kappa shape index (κ2) is 8.70. The number of hydrogen-bond acceptors (Lipinski definition) is 4. The first-order valence-electron chi connectivity index (χ1n) is 7.31. The van der Waals surface area contributed by atoms with Crippen LogP contribution in [0.2, 0.25) is 0 Å². The second-order valence-corrected chi connectivity index (χ2v) is 5.53. The summed E-state index contributed by atoms with van der Waals surface area (Å²) in [5.74, 6) is 0.523. The van der Waals surface area contributed by atoms with E-state index in [1.165, 1.54) is 12.1 Å². The van der Waals surface area contributed by atoms with E-state index in [0.717, 1.165) is 32.4 Å². The number of amides is 1. The standard InChI is InChI=1S/C15H21N3O3.ClH/c16-7-6-12-4-2-8-17(11-12)15(19)10-13-3-1-5-14(9-13)18(20)21;/h1,3,5,9,12H,2,4,6-8,10-11,16H2;1H. The Kier molecular flexibility index (Phi) is 7.27. The van der Waals surface area contributed by atoms with E-state index in [0.29, 0.717) is 18.0 Å². The SMILES string of the molecule is Cl.NCCC1CCCN(C(=O)Cc2cccc([N+](=O)[O-])c2)C1. The topological polar surface area (TPSA) is 89.5 Å². The molecule has 0 aliphatic carbocycles. The predicted molar refractivity (Wildman–Crippen MR) is 87.0 cm³/mol. The summed E-state index contributed by atoms with van der Waals surface area (Å²) in [6, 6.07) is 6.28. The Morgan fingerprint density at radius 3 is 2.91 bits per heavy atom. The van der Waals surface area contributed by atoms with Crippen molar-refractivity contribution >= 4 is 24.0 Å². The van der Waals surface area contributed by atoms with Gasteiger partial charge in [-0.3, -0.25) is 14.9 Å². The molecule has 6 nitrogen and oxygen atoms in total. The summed E-state index contributed by atoms with van der Waals surface area (Å²) in [6.45, 7) is 2.18. The number of nitro benzene ring substituents is 1. The van der Waals surface area contributed by atoms with Gasteiger partial charge in [0, 0.05) is 25.2 Å². The quantitative estimate of drug-likeness (QED) is 0.662. The van der Waals surface area contributed by atoms with E-state index in [9.17, 15) is 14.9 Å². The molecule has 1 atom stereocenters. The molecule has 1 saturated heterocycles. The van der Waals surface area contributed by atoms with Crippen LogP contribution in [0.5, 0.6) is 0 Å². The van der Waals surface area contributed by atoms with Gasteiger partial charge in [0.2, 0.25) is 5.91 Å². The van der Waals surface area contributed by atoms with Crippen molar-refractivity contribution in [3.8, 4) is 0 Å². The molecule has 1 fully saturated rings. The largest absolute Gasteiger partial charge is 0.342 e. The average Bonchev–Trinajstić information content (AvgIpc) is 2.48. The van der Waals surface area contributed by atoms with E-state index in [-0.39, 0.29) is 30.4 Å². The highest BCUT2D eigenvalue weighted by molar-refractivity contribution is 5.85. The summed E-state index contributed by atoms with van der Waals surface area (Å²) in [5.41, 5.74) is 6.30. The molecule has 0 spiro atoms. The molecule has 1 aromatic carbocycles. The van der Waals surface area contributed by atoms with E-state index < -0.39 is 4.92 Å². The first kappa shape index (κ1) is 18.4. The van der Waals surface area contributed by atoms with Gasteiger partial charge in [0.15, 0.2) is 0 Å². The van der Waals surface area contributed by atoms with Gasteiger partial charge in [-0.1, -0.05) is 12.1 Å². The molecule has 22 heavy (non-hydrogen) atoms. The number of piperidine rings is 1. The fourth-order valence-corrected chi connectivity index (χ4v) is 2.83. The number of carbonyl (C=O) groups is 1. The van der Waals surface area contributed by atoms with Crippen molar-refractivity contribution in [1.82, 2.24) is 4.90 Å². The lowest BCUT2D eigenvalue weighted by atomic mass is 9.94. The first-order valence-corrected chi connectivity index (χ1v) is 7.31. The molecule has 0 radical (unpaired) electrons. The van der Waals surface area contributed by atoms with Crippen LogP contribution in [0.25, 0.3) is 0 Å². The number of hydrogen-bond donors (Lipinski definition) is 1. The van der Waals surface area contributed by atoms with Crippen LogP contribution in [-0.4, -0.2) is 35.4 Å². The first-order chi connectivity index (χ1) is 10.1.